The molecule has 2 heterocycles. The highest BCUT2D eigenvalue weighted by Gasteiger charge is 2.17. The molecule has 3 N–H and O–H groups in total. The molecule has 6 nitrogen and oxygen atoms in total. The minimum Gasteiger partial charge on any atom is -0.398 e. The van der Waals surface area contributed by atoms with E-state index in [1.807, 2.05) is 38.2 Å². The van der Waals surface area contributed by atoms with Crippen LogP contribution in [-0.2, 0) is 9.53 Å². The molecule has 1 aromatic carbocycles. The number of nitrogen functional groups attached to an aromatic ring is 1. The number of aromatic nitrogens is 2. The second kappa shape index (κ2) is 9.27. The average Bonchev–Trinajstić information content (AvgIpc) is 2.75. The predicted octanol–water partition coefficient (Wildman–Crippen LogP) is 5.03. The molecule has 0 spiro atoms. The van der Waals surface area contributed by atoms with Crippen molar-refractivity contribution < 1.29 is 9.53 Å². The van der Waals surface area contributed by atoms with Crippen molar-refractivity contribution >= 4 is 28.2 Å². The first kappa shape index (κ1) is 21.0. The highest BCUT2D eigenvalue weighted by molar-refractivity contribution is 6.02. The normalized spacial score (nSPS) is 16.3. The van der Waals surface area contributed by atoms with Crippen LogP contribution < -0.4 is 11.1 Å². The third-order valence-corrected chi connectivity index (χ3v) is 5.78. The van der Waals surface area contributed by atoms with Gasteiger partial charge >= 0.3 is 0 Å². The summed E-state index contributed by atoms with van der Waals surface area (Å²) in [5.74, 6) is 0.362. The van der Waals surface area contributed by atoms with E-state index >= 15 is 0 Å². The zero-order valence-corrected chi connectivity index (χ0v) is 18.0. The molecular formula is C25H28N4O2. The van der Waals surface area contributed by atoms with Gasteiger partial charge in [-0.2, -0.15) is 0 Å². The van der Waals surface area contributed by atoms with Crippen molar-refractivity contribution in [1.29, 1.82) is 0 Å². The van der Waals surface area contributed by atoms with E-state index in [2.05, 4.69) is 21.4 Å². The molecule has 0 unspecified atom stereocenters. The summed E-state index contributed by atoms with van der Waals surface area (Å²) in [5, 5.41) is 4.68. The summed E-state index contributed by atoms with van der Waals surface area (Å²) in [5.41, 5.74) is 11.2. The summed E-state index contributed by atoms with van der Waals surface area (Å²) in [4.78, 5) is 21.2. The number of rotatable bonds is 5. The molecule has 1 amide bonds. The minimum absolute atomic E-state index is 0.149. The lowest BCUT2D eigenvalue weighted by atomic mass is 9.92. The lowest BCUT2D eigenvalue weighted by Gasteiger charge is -2.23. The fourth-order valence-corrected chi connectivity index (χ4v) is 4.13. The average molecular weight is 417 g/mol. The number of benzene rings is 1. The Morgan fingerprint density at radius 2 is 2.06 bits per heavy atom. The highest BCUT2D eigenvalue weighted by Crippen LogP contribution is 2.31. The highest BCUT2D eigenvalue weighted by atomic mass is 16.5. The van der Waals surface area contributed by atoms with E-state index < -0.39 is 0 Å². The van der Waals surface area contributed by atoms with Crippen LogP contribution in [0.25, 0.3) is 21.9 Å². The van der Waals surface area contributed by atoms with E-state index in [0.717, 1.165) is 65.3 Å². The Morgan fingerprint density at radius 1 is 1.26 bits per heavy atom. The number of pyridine rings is 2. The van der Waals surface area contributed by atoms with Crippen molar-refractivity contribution in [3.05, 3.63) is 60.1 Å². The van der Waals surface area contributed by atoms with Gasteiger partial charge < -0.3 is 15.8 Å². The molecule has 6 heteroatoms. The molecule has 3 aromatic rings. The Morgan fingerprint density at radius 3 is 2.81 bits per heavy atom. The van der Waals surface area contributed by atoms with Crippen LogP contribution in [0.4, 0.5) is 11.5 Å². The van der Waals surface area contributed by atoms with Gasteiger partial charge in [-0.15, -0.1) is 0 Å². The molecule has 1 saturated carbocycles. The van der Waals surface area contributed by atoms with Gasteiger partial charge in [0.15, 0.2) is 0 Å². The third kappa shape index (κ3) is 4.91. The summed E-state index contributed by atoms with van der Waals surface area (Å²) in [6.45, 7) is 4.80. The molecular weight excluding hydrogens is 388 g/mol. The smallest absolute Gasteiger partial charge is 0.249 e. The van der Waals surface area contributed by atoms with E-state index in [0.29, 0.717) is 17.6 Å². The van der Waals surface area contributed by atoms with E-state index in [-0.39, 0.29) is 5.91 Å². The monoisotopic (exact) mass is 416 g/mol. The minimum atomic E-state index is -0.149. The molecule has 160 valence electrons. The number of aryl methyl sites for hydroxylation is 1. The number of hydrogen-bond donors (Lipinski definition) is 2. The fraction of sp³-hybridized carbons (Fsp3) is 0.320. The molecule has 1 aliphatic carbocycles. The summed E-state index contributed by atoms with van der Waals surface area (Å²) in [6.07, 6.45) is 11.1. The molecule has 0 radical (unpaired) electrons. The van der Waals surface area contributed by atoms with Crippen LogP contribution in [0.2, 0.25) is 0 Å². The van der Waals surface area contributed by atoms with Crippen molar-refractivity contribution in [3.63, 3.8) is 0 Å². The predicted molar refractivity (Wildman–Crippen MR) is 125 cm³/mol. The van der Waals surface area contributed by atoms with Crippen molar-refractivity contribution in [2.24, 2.45) is 0 Å². The molecule has 0 bridgehead atoms. The second-order valence-electron chi connectivity index (χ2n) is 7.99. The Kier molecular flexibility index (Phi) is 6.28. The molecule has 0 aliphatic heterocycles. The molecule has 1 aliphatic rings. The molecule has 4 rings (SSSR count). The Balaban J connectivity index is 1.53. The SMILES string of the molecule is CCOC1CCC(=CC(=O)Nc2cc3cc(-c4cnccc4C)cc(N)c3cn2)CC1. The van der Waals surface area contributed by atoms with E-state index in [9.17, 15) is 4.79 Å². The Bertz CT molecular complexity index is 1130. The first-order valence-corrected chi connectivity index (χ1v) is 10.8. The lowest BCUT2D eigenvalue weighted by Crippen LogP contribution is -2.19. The summed E-state index contributed by atoms with van der Waals surface area (Å²) >= 11 is 0. The van der Waals surface area contributed by atoms with Crippen LogP contribution >= 0.6 is 0 Å². The van der Waals surface area contributed by atoms with Crippen LogP contribution in [0, 0.1) is 6.92 Å². The van der Waals surface area contributed by atoms with E-state index in [1.54, 1.807) is 18.5 Å². The number of anilines is 2. The van der Waals surface area contributed by atoms with E-state index in [1.165, 1.54) is 0 Å². The number of carbonyl (C=O) groups is 1. The standard InChI is InChI=1S/C25H28N4O2/c1-3-31-20-6-4-17(5-7-20)10-25(30)29-24-13-19-11-18(12-23(26)22(19)15-28-24)21-14-27-9-8-16(21)2/h8-15,20H,3-7,26H2,1-2H3,(H,28,29,30). The van der Waals surface area contributed by atoms with Gasteiger partial charge in [0.05, 0.1) is 6.10 Å². The molecule has 0 atom stereocenters. The van der Waals surface area contributed by atoms with E-state index in [4.69, 9.17) is 10.5 Å². The topological polar surface area (TPSA) is 90.1 Å². The fourth-order valence-electron chi connectivity index (χ4n) is 4.13. The van der Waals surface area contributed by atoms with Crippen molar-refractivity contribution in [1.82, 2.24) is 9.97 Å². The maximum atomic E-state index is 12.5. The zero-order valence-electron chi connectivity index (χ0n) is 18.0. The van der Waals surface area contributed by atoms with Crippen LogP contribution in [-0.4, -0.2) is 28.6 Å². The number of nitrogens with one attached hydrogen (secondary N) is 1. The van der Waals surface area contributed by atoms with Gasteiger partial charge in [0, 0.05) is 47.9 Å². The molecule has 1 fully saturated rings. The van der Waals surface area contributed by atoms with Crippen molar-refractivity contribution in [2.45, 2.75) is 45.6 Å². The molecule has 2 aromatic heterocycles. The number of ether oxygens (including phenoxy) is 1. The summed E-state index contributed by atoms with van der Waals surface area (Å²) in [6, 6.07) is 7.84. The summed E-state index contributed by atoms with van der Waals surface area (Å²) in [7, 11) is 0. The number of nitrogens with zero attached hydrogens (tertiary/aromatic N) is 2. The van der Waals surface area contributed by atoms with Crippen molar-refractivity contribution in [2.75, 3.05) is 17.7 Å². The summed E-state index contributed by atoms with van der Waals surface area (Å²) < 4.78 is 5.68. The number of amides is 1. The van der Waals surface area contributed by atoms with Crippen LogP contribution in [0.3, 0.4) is 0 Å². The van der Waals surface area contributed by atoms with Gasteiger partial charge in [-0.3, -0.25) is 9.78 Å². The van der Waals surface area contributed by atoms with Gasteiger partial charge in [0.2, 0.25) is 5.91 Å². The van der Waals surface area contributed by atoms with Crippen molar-refractivity contribution in [3.8, 4) is 11.1 Å². The van der Waals surface area contributed by atoms with Gasteiger partial charge in [0.25, 0.3) is 0 Å². The number of fused-ring (bicyclic) bond motifs is 1. The lowest BCUT2D eigenvalue weighted by molar-refractivity contribution is -0.112. The van der Waals surface area contributed by atoms with Gasteiger partial charge in [-0.05, 0) is 80.3 Å². The Hall–Kier alpha value is -3.25. The van der Waals surface area contributed by atoms with Gasteiger partial charge in [0.1, 0.15) is 5.82 Å². The van der Waals surface area contributed by atoms with Gasteiger partial charge in [-0.25, -0.2) is 4.98 Å². The van der Waals surface area contributed by atoms with Crippen LogP contribution in [0.15, 0.2) is 54.5 Å². The maximum absolute atomic E-state index is 12.5. The molecule has 31 heavy (non-hydrogen) atoms. The number of nitrogens with two attached hydrogens (primary N) is 1. The van der Waals surface area contributed by atoms with Gasteiger partial charge in [-0.1, -0.05) is 5.57 Å². The quantitative estimate of drug-likeness (QED) is 0.450. The maximum Gasteiger partial charge on any atom is 0.249 e. The van der Waals surface area contributed by atoms with Crippen LogP contribution in [0.1, 0.15) is 38.2 Å². The second-order valence-corrected chi connectivity index (χ2v) is 7.99. The largest absolute Gasteiger partial charge is 0.398 e. The van der Waals surface area contributed by atoms with Crippen LogP contribution in [0.5, 0.6) is 0 Å². The molecule has 0 saturated heterocycles. The number of allylic oxidation sites excluding steroid dienone is 1. The first-order valence-electron chi connectivity index (χ1n) is 10.8. The number of carbonyl (C=O) groups excluding carboxylic acids is 1. The number of hydrogen-bond acceptors (Lipinski definition) is 5. The zero-order chi connectivity index (χ0) is 21.8. The Labute approximate surface area is 182 Å². The third-order valence-electron chi connectivity index (χ3n) is 5.78. The first-order chi connectivity index (χ1) is 15.0.